The Morgan fingerprint density at radius 1 is 1.04 bits per heavy atom. The molecule has 3 aromatic rings. The molecule has 0 radical (unpaired) electrons. The van der Waals surface area contributed by atoms with Gasteiger partial charge in [-0.1, -0.05) is 18.2 Å². The number of anilines is 1. The second-order valence-electron chi connectivity index (χ2n) is 6.20. The Morgan fingerprint density at radius 2 is 1.88 bits per heavy atom. The van der Waals surface area contributed by atoms with Crippen LogP contribution < -0.4 is 10.2 Å². The lowest BCUT2D eigenvalue weighted by molar-refractivity contribution is 0.122. The maximum Gasteiger partial charge on any atom is 0.159 e. The van der Waals surface area contributed by atoms with Crippen LogP contribution in [-0.4, -0.2) is 46.1 Å². The van der Waals surface area contributed by atoms with E-state index in [1.807, 2.05) is 6.07 Å². The number of aromatic nitrogens is 4. The van der Waals surface area contributed by atoms with Gasteiger partial charge in [0, 0.05) is 43.6 Å². The standard InChI is InChI=1S/C19H22N6O/c1-2-17(19(22-7-1)25-15-21-14-23-25)13-20-12-16-3-5-18(6-4-16)24-8-10-26-11-9-24/h1-7,14-15,20H,8-13H2. The molecule has 1 fully saturated rings. The third kappa shape index (κ3) is 3.89. The van der Waals surface area contributed by atoms with Crippen LogP contribution in [0.15, 0.2) is 55.2 Å². The Morgan fingerprint density at radius 3 is 2.65 bits per heavy atom. The van der Waals surface area contributed by atoms with E-state index in [1.54, 1.807) is 17.2 Å². The maximum atomic E-state index is 5.41. The van der Waals surface area contributed by atoms with Crippen molar-refractivity contribution < 1.29 is 4.74 Å². The summed E-state index contributed by atoms with van der Waals surface area (Å²) in [5.74, 6) is 0.806. The van der Waals surface area contributed by atoms with Gasteiger partial charge in [0.1, 0.15) is 12.7 Å². The molecule has 1 N–H and O–H groups in total. The Kier molecular flexibility index (Phi) is 5.18. The minimum atomic E-state index is 0.717. The Labute approximate surface area is 152 Å². The zero-order valence-electron chi connectivity index (χ0n) is 14.6. The number of rotatable bonds is 6. The summed E-state index contributed by atoms with van der Waals surface area (Å²) in [7, 11) is 0. The molecular formula is C19H22N6O. The predicted molar refractivity (Wildman–Crippen MR) is 99.2 cm³/mol. The largest absolute Gasteiger partial charge is 0.378 e. The van der Waals surface area contributed by atoms with E-state index in [2.05, 4.69) is 55.6 Å². The van der Waals surface area contributed by atoms with Gasteiger partial charge >= 0.3 is 0 Å². The van der Waals surface area contributed by atoms with Crippen LogP contribution in [0.4, 0.5) is 5.69 Å². The summed E-state index contributed by atoms with van der Waals surface area (Å²) < 4.78 is 7.10. The van der Waals surface area contributed by atoms with Crippen molar-refractivity contribution in [3.05, 3.63) is 66.4 Å². The second-order valence-corrected chi connectivity index (χ2v) is 6.20. The third-order valence-corrected chi connectivity index (χ3v) is 4.46. The molecular weight excluding hydrogens is 328 g/mol. The van der Waals surface area contributed by atoms with Crippen molar-refractivity contribution in [2.75, 3.05) is 31.2 Å². The molecule has 134 valence electrons. The second kappa shape index (κ2) is 8.07. The number of nitrogens with zero attached hydrogens (tertiary/aromatic N) is 5. The van der Waals surface area contributed by atoms with Gasteiger partial charge in [0.05, 0.1) is 13.2 Å². The van der Waals surface area contributed by atoms with Crippen molar-refractivity contribution in [1.29, 1.82) is 0 Å². The SMILES string of the molecule is c1cnc(-n2cncn2)c(CNCc2ccc(N3CCOCC3)cc2)c1. The number of hydrogen-bond acceptors (Lipinski definition) is 6. The fourth-order valence-electron chi connectivity index (χ4n) is 3.08. The van der Waals surface area contributed by atoms with Crippen LogP contribution >= 0.6 is 0 Å². The molecule has 0 bridgehead atoms. The first-order valence-electron chi connectivity index (χ1n) is 8.81. The lowest BCUT2D eigenvalue weighted by atomic mass is 10.1. The quantitative estimate of drug-likeness (QED) is 0.731. The van der Waals surface area contributed by atoms with Gasteiger partial charge in [0.2, 0.25) is 0 Å². The minimum Gasteiger partial charge on any atom is -0.378 e. The van der Waals surface area contributed by atoms with Gasteiger partial charge in [-0.25, -0.2) is 14.6 Å². The molecule has 7 nitrogen and oxygen atoms in total. The molecule has 3 heterocycles. The number of morpholine rings is 1. The lowest BCUT2D eigenvalue weighted by Crippen LogP contribution is -2.36. The Bertz CT molecular complexity index is 812. The first-order valence-corrected chi connectivity index (χ1v) is 8.81. The maximum absolute atomic E-state index is 5.41. The summed E-state index contributed by atoms with van der Waals surface area (Å²) in [4.78, 5) is 10.8. The summed E-state index contributed by atoms with van der Waals surface area (Å²) in [6.45, 7) is 5.06. The molecule has 0 saturated carbocycles. The summed E-state index contributed by atoms with van der Waals surface area (Å²) in [6.07, 6.45) is 4.95. The lowest BCUT2D eigenvalue weighted by Gasteiger charge is -2.28. The van der Waals surface area contributed by atoms with Crippen LogP contribution in [0.25, 0.3) is 5.82 Å². The van der Waals surface area contributed by atoms with Crippen LogP contribution in [-0.2, 0) is 17.8 Å². The minimum absolute atomic E-state index is 0.717. The molecule has 2 aromatic heterocycles. The highest BCUT2D eigenvalue weighted by molar-refractivity contribution is 5.48. The van der Waals surface area contributed by atoms with E-state index in [0.29, 0.717) is 6.54 Å². The number of pyridine rings is 1. The molecule has 0 amide bonds. The Balaban J connectivity index is 1.35. The van der Waals surface area contributed by atoms with E-state index in [0.717, 1.165) is 44.2 Å². The summed E-state index contributed by atoms with van der Waals surface area (Å²) in [6, 6.07) is 12.7. The van der Waals surface area contributed by atoms with Crippen molar-refractivity contribution in [2.45, 2.75) is 13.1 Å². The third-order valence-electron chi connectivity index (χ3n) is 4.46. The van der Waals surface area contributed by atoms with Crippen LogP contribution in [0.2, 0.25) is 0 Å². The fourth-order valence-corrected chi connectivity index (χ4v) is 3.08. The number of hydrogen-bond donors (Lipinski definition) is 1. The summed E-state index contributed by atoms with van der Waals surface area (Å²) in [5.41, 5.74) is 3.61. The highest BCUT2D eigenvalue weighted by Gasteiger charge is 2.11. The molecule has 0 unspecified atom stereocenters. The topological polar surface area (TPSA) is 68.1 Å². The fraction of sp³-hybridized carbons (Fsp3) is 0.316. The van der Waals surface area contributed by atoms with E-state index in [-0.39, 0.29) is 0 Å². The van der Waals surface area contributed by atoms with Crippen molar-refractivity contribution in [1.82, 2.24) is 25.1 Å². The van der Waals surface area contributed by atoms with Crippen LogP contribution in [0.1, 0.15) is 11.1 Å². The van der Waals surface area contributed by atoms with Crippen LogP contribution in [0, 0.1) is 0 Å². The smallest absolute Gasteiger partial charge is 0.159 e. The van der Waals surface area contributed by atoms with Crippen LogP contribution in [0.5, 0.6) is 0 Å². The molecule has 1 aromatic carbocycles. The van der Waals surface area contributed by atoms with Gasteiger partial charge in [-0.15, -0.1) is 0 Å². The van der Waals surface area contributed by atoms with E-state index in [4.69, 9.17) is 4.74 Å². The predicted octanol–water partition coefficient (Wildman–Crippen LogP) is 1.79. The first-order chi connectivity index (χ1) is 12.9. The number of nitrogens with one attached hydrogen (secondary N) is 1. The normalized spacial score (nSPS) is 14.5. The van der Waals surface area contributed by atoms with E-state index in [9.17, 15) is 0 Å². The molecule has 1 aliphatic rings. The molecule has 0 atom stereocenters. The number of benzene rings is 1. The van der Waals surface area contributed by atoms with Gasteiger partial charge in [0.15, 0.2) is 5.82 Å². The molecule has 1 saturated heterocycles. The molecule has 26 heavy (non-hydrogen) atoms. The highest BCUT2D eigenvalue weighted by atomic mass is 16.5. The van der Waals surface area contributed by atoms with Gasteiger partial charge in [-0.3, -0.25) is 0 Å². The van der Waals surface area contributed by atoms with Gasteiger partial charge in [-0.05, 0) is 23.8 Å². The number of ether oxygens (including phenoxy) is 1. The van der Waals surface area contributed by atoms with Crippen LogP contribution in [0.3, 0.4) is 0 Å². The van der Waals surface area contributed by atoms with Crippen molar-refractivity contribution in [3.8, 4) is 5.82 Å². The van der Waals surface area contributed by atoms with E-state index in [1.165, 1.54) is 17.6 Å². The Hall–Kier alpha value is -2.77. The first kappa shape index (κ1) is 16.7. The van der Waals surface area contributed by atoms with Crippen molar-refractivity contribution >= 4 is 5.69 Å². The summed E-state index contributed by atoms with van der Waals surface area (Å²) in [5, 5.41) is 7.65. The van der Waals surface area contributed by atoms with E-state index < -0.39 is 0 Å². The van der Waals surface area contributed by atoms with E-state index >= 15 is 0 Å². The summed E-state index contributed by atoms with van der Waals surface area (Å²) >= 11 is 0. The highest BCUT2D eigenvalue weighted by Crippen LogP contribution is 2.17. The molecule has 4 rings (SSSR count). The molecule has 0 spiro atoms. The zero-order valence-corrected chi connectivity index (χ0v) is 14.6. The van der Waals surface area contributed by atoms with Gasteiger partial charge < -0.3 is 15.0 Å². The van der Waals surface area contributed by atoms with Gasteiger partial charge in [-0.2, -0.15) is 5.10 Å². The zero-order chi connectivity index (χ0) is 17.6. The van der Waals surface area contributed by atoms with Crippen molar-refractivity contribution in [3.63, 3.8) is 0 Å². The average Bonchev–Trinajstić information content (AvgIpc) is 3.24. The molecule has 7 heteroatoms. The van der Waals surface area contributed by atoms with Crippen molar-refractivity contribution in [2.24, 2.45) is 0 Å². The molecule has 1 aliphatic heterocycles. The average molecular weight is 350 g/mol. The molecule has 0 aliphatic carbocycles. The van der Waals surface area contributed by atoms with Gasteiger partial charge in [0.25, 0.3) is 0 Å². The monoisotopic (exact) mass is 350 g/mol.